The summed E-state index contributed by atoms with van der Waals surface area (Å²) in [6, 6.07) is 3.51. The maximum atomic E-state index is 10.6. The van der Waals surface area contributed by atoms with E-state index in [-0.39, 0.29) is 0 Å². The Hall–Kier alpha value is -0.870. The van der Waals surface area contributed by atoms with E-state index in [0.717, 1.165) is 16.1 Å². The standard InChI is InChI=1S/C8H4BrClN2O/c9-4-1-2-5(10)8-7(4)6(3-13)11-12-8/h1-3H,(H,11,12). The monoisotopic (exact) mass is 258 g/mol. The molecule has 5 heteroatoms. The summed E-state index contributed by atoms with van der Waals surface area (Å²) in [5.74, 6) is 0. The van der Waals surface area contributed by atoms with Crippen LogP contribution in [0.3, 0.4) is 0 Å². The number of aromatic nitrogens is 2. The van der Waals surface area contributed by atoms with Crippen molar-refractivity contribution in [2.45, 2.75) is 0 Å². The Kier molecular flexibility index (Phi) is 2.09. The fraction of sp³-hybridized carbons (Fsp3) is 0. The van der Waals surface area contributed by atoms with E-state index in [4.69, 9.17) is 11.6 Å². The minimum absolute atomic E-state index is 0.435. The summed E-state index contributed by atoms with van der Waals surface area (Å²) < 4.78 is 0.808. The van der Waals surface area contributed by atoms with Gasteiger partial charge in [-0.3, -0.25) is 9.89 Å². The van der Waals surface area contributed by atoms with Crippen molar-refractivity contribution in [1.82, 2.24) is 10.2 Å². The van der Waals surface area contributed by atoms with Crippen molar-refractivity contribution >= 4 is 44.7 Å². The lowest BCUT2D eigenvalue weighted by atomic mass is 10.2. The molecule has 1 aromatic carbocycles. The maximum absolute atomic E-state index is 10.6. The van der Waals surface area contributed by atoms with Crippen molar-refractivity contribution in [2.24, 2.45) is 0 Å². The number of nitrogens with zero attached hydrogens (tertiary/aromatic N) is 1. The molecule has 3 nitrogen and oxygen atoms in total. The normalized spacial score (nSPS) is 10.6. The molecule has 66 valence electrons. The summed E-state index contributed by atoms with van der Waals surface area (Å²) in [4.78, 5) is 10.6. The van der Waals surface area contributed by atoms with Crippen LogP contribution >= 0.6 is 27.5 Å². The number of hydrogen-bond donors (Lipinski definition) is 1. The molecule has 0 aliphatic carbocycles. The summed E-state index contributed by atoms with van der Waals surface area (Å²) in [5, 5.41) is 7.80. The number of carbonyl (C=O) groups excluding carboxylic acids is 1. The van der Waals surface area contributed by atoms with Crippen LogP contribution in [-0.4, -0.2) is 16.5 Å². The molecular formula is C8H4BrClN2O. The highest BCUT2D eigenvalue weighted by Gasteiger charge is 2.10. The highest BCUT2D eigenvalue weighted by atomic mass is 79.9. The number of H-pyrrole nitrogens is 1. The van der Waals surface area contributed by atoms with Gasteiger partial charge in [0.15, 0.2) is 6.29 Å². The predicted octanol–water partition coefficient (Wildman–Crippen LogP) is 2.79. The summed E-state index contributed by atoms with van der Waals surface area (Å²) in [6.07, 6.45) is 0.719. The van der Waals surface area contributed by atoms with Crippen LogP contribution in [0.2, 0.25) is 5.02 Å². The van der Waals surface area contributed by atoms with Crippen molar-refractivity contribution in [1.29, 1.82) is 0 Å². The minimum atomic E-state index is 0.435. The number of carbonyl (C=O) groups is 1. The van der Waals surface area contributed by atoms with Gasteiger partial charge in [0.05, 0.1) is 5.02 Å². The zero-order valence-electron chi connectivity index (χ0n) is 6.34. The largest absolute Gasteiger partial charge is 0.296 e. The average molecular weight is 259 g/mol. The van der Waals surface area contributed by atoms with Crippen molar-refractivity contribution in [3.63, 3.8) is 0 Å². The Morgan fingerprint density at radius 1 is 1.54 bits per heavy atom. The van der Waals surface area contributed by atoms with Crippen LogP contribution in [0.15, 0.2) is 16.6 Å². The molecule has 13 heavy (non-hydrogen) atoms. The van der Waals surface area contributed by atoms with Crippen molar-refractivity contribution < 1.29 is 4.79 Å². The first-order valence-corrected chi connectivity index (χ1v) is 4.68. The van der Waals surface area contributed by atoms with Gasteiger partial charge >= 0.3 is 0 Å². The van der Waals surface area contributed by atoms with Gasteiger partial charge in [-0.1, -0.05) is 27.5 Å². The highest BCUT2D eigenvalue weighted by Crippen LogP contribution is 2.29. The molecule has 1 N–H and O–H groups in total. The third-order valence-electron chi connectivity index (χ3n) is 1.75. The molecular weight excluding hydrogens is 255 g/mol. The lowest BCUT2D eigenvalue weighted by Gasteiger charge is -1.94. The van der Waals surface area contributed by atoms with E-state index in [1.54, 1.807) is 12.1 Å². The van der Waals surface area contributed by atoms with Gasteiger partial charge in [0.1, 0.15) is 11.2 Å². The third kappa shape index (κ3) is 1.26. The zero-order chi connectivity index (χ0) is 9.42. The number of aldehydes is 1. The molecule has 0 saturated carbocycles. The maximum Gasteiger partial charge on any atom is 0.168 e. The van der Waals surface area contributed by atoms with E-state index in [1.807, 2.05) is 0 Å². The summed E-state index contributed by atoms with van der Waals surface area (Å²) >= 11 is 9.20. The Labute approximate surface area is 87.2 Å². The molecule has 0 aliphatic rings. The quantitative estimate of drug-likeness (QED) is 0.801. The molecule has 2 aromatic rings. The molecule has 0 saturated heterocycles. The van der Waals surface area contributed by atoms with Crippen LogP contribution in [0.1, 0.15) is 10.5 Å². The van der Waals surface area contributed by atoms with Crippen LogP contribution in [0.5, 0.6) is 0 Å². The topological polar surface area (TPSA) is 45.8 Å². The molecule has 1 aromatic heterocycles. The fourth-order valence-corrected chi connectivity index (χ4v) is 1.90. The van der Waals surface area contributed by atoms with Crippen LogP contribution in [0.4, 0.5) is 0 Å². The van der Waals surface area contributed by atoms with Crippen molar-refractivity contribution in [3.8, 4) is 0 Å². The minimum Gasteiger partial charge on any atom is -0.296 e. The predicted molar refractivity (Wildman–Crippen MR) is 54.2 cm³/mol. The number of fused-ring (bicyclic) bond motifs is 1. The summed E-state index contributed by atoms with van der Waals surface area (Å²) in [6.45, 7) is 0. The van der Waals surface area contributed by atoms with Crippen LogP contribution in [0.25, 0.3) is 10.9 Å². The van der Waals surface area contributed by atoms with Gasteiger partial charge < -0.3 is 0 Å². The van der Waals surface area contributed by atoms with Gasteiger partial charge in [-0.15, -0.1) is 0 Å². The second-order valence-corrected chi connectivity index (χ2v) is 3.77. The van der Waals surface area contributed by atoms with Crippen LogP contribution < -0.4 is 0 Å². The lowest BCUT2D eigenvalue weighted by Crippen LogP contribution is -1.79. The molecule has 1 heterocycles. The zero-order valence-corrected chi connectivity index (χ0v) is 8.69. The molecule has 0 radical (unpaired) electrons. The van der Waals surface area contributed by atoms with E-state index in [9.17, 15) is 4.79 Å². The Morgan fingerprint density at radius 3 is 3.00 bits per heavy atom. The van der Waals surface area contributed by atoms with Gasteiger partial charge in [-0.2, -0.15) is 5.10 Å². The first-order valence-electron chi connectivity index (χ1n) is 3.51. The molecule has 0 bridgehead atoms. The highest BCUT2D eigenvalue weighted by molar-refractivity contribution is 9.10. The van der Waals surface area contributed by atoms with E-state index in [2.05, 4.69) is 26.1 Å². The Morgan fingerprint density at radius 2 is 2.31 bits per heavy atom. The number of nitrogens with one attached hydrogen (secondary N) is 1. The third-order valence-corrected chi connectivity index (χ3v) is 2.72. The summed E-state index contributed by atoms with van der Waals surface area (Å²) in [7, 11) is 0. The van der Waals surface area contributed by atoms with Gasteiger partial charge in [-0.05, 0) is 12.1 Å². The van der Waals surface area contributed by atoms with E-state index in [0.29, 0.717) is 16.2 Å². The smallest absolute Gasteiger partial charge is 0.168 e. The van der Waals surface area contributed by atoms with Gasteiger partial charge in [0.25, 0.3) is 0 Å². The van der Waals surface area contributed by atoms with E-state index in [1.165, 1.54) is 0 Å². The Balaban J connectivity index is 2.95. The first kappa shape index (κ1) is 8.72. The molecule has 0 atom stereocenters. The molecule has 0 aliphatic heterocycles. The molecule has 0 amide bonds. The molecule has 2 rings (SSSR count). The number of aromatic amines is 1. The second-order valence-electron chi connectivity index (χ2n) is 2.51. The molecule has 0 fully saturated rings. The van der Waals surface area contributed by atoms with E-state index >= 15 is 0 Å². The van der Waals surface area contributed by atoms with Gasteiger partial charge in [0.2, 0.25) is 0 Å². The van der Waals surface area contributed by atoms with Gasteiger partial charge in [-0.25, -0.2) is 0 Å². The SMILES string of the molecule is O=Cc1[nH]nc2c(Cl)ccc(Br)c12. The number of benzene rings is 1. The first-order chi connectivity index (χ1) is 6.24. The fourth-order valence-electron chi connectivity index (χ4n) is 1.16. The second kappa shape index (κ2) is 3.12. The van der Waals surface area contributed by atoms with Gasteiger partial charge in [0, 0.05) is 9.86 Å². The number of halogens is 2. The lowest BCUT2D eigenvalue weighted by molar-refractivity contribution is 0.112. The number of hydrogen-bond acceptors (Lipinski definition) is 2. The Bertz CT molecular complexity index is 480. The van der Waals surface area contributed by atoms with Crippen molar-refractivity contribution in [3.05, 3.63) is 27.3 Å². The van der Waals surface area contributed by atoms with Crippen molar-refractivity contribution in [2.75, 3.05) is 0 Å². The average Bonchev–Trinajstić information content (AvgIpc) is 2.56. The summed E-state index contributed by atoms with van der Waals surface area (Å²) in [5.41, 5.74) is 1.04. The number of rotatable bonds is 1. The van der Waals surface area contributed by atoms with Crippen LogP contribution in [-0.2, 0) is 0 Å². The van der Waals surface area contributed by atoms with E-state index < -0.39 is 0 Å². The molecule has 0 spiro atoms. The molecule has 0 unspecified atom stereocenters. The van der Waals surface area contributed by atoms with Crippen LogP contribution in [0, 0.1) is 0 Å².